The number of carbonyl (C=O) groups is 1. The SMILES string of the molecule is Cc1cc(F)ccc1NC(=O)C(C)(C)N1CCNCC1. The third-order valence-corrected chi connectivity index (χ3v) is 3.90. The molecule has 0 saturated carbocycles. The zero-order chi connectivity index (χ0) is 14.8. The van der Waals surface area contributed by atoms with Crippen molar-refractivity contribution in [2.24, 2.45) is 0 Å². The molecule has 1 saturated heterocycles. The van der Waals surface area contributed by atoms with Crippen LogP contribution in [0, 0.1) is 12.7 Å². The molecule has 0 unspecified atom stereocenters. The molecule has 0 aliphatic carbocycles. The highest BCUT2D eigenvalue weighted by molar-refractivity contribution is 5.98. The number of aryl methyl sites for hydroxylation is 1. The summed E-state index contributed by atoms with van der Waals surface area (Å²) in [6.07, 6.45) is 0. The first-order valence-corrected chi connectivity index (χ1v) is 6.94. The Morgan fingerprint density at radius 3 is 2.60 bits per heavy atom. The standard InChI is InChI=1S/C15H22FN3O/c1-11-10-12(16)4-5-13(11)18-14(20)15(2,3)19-8-6-17-7-9-19/h4-5,10,17H,6-9H2,1-3H3,(H,18,20). The van der Waals surface area contributed by atoms with E-state index in [2.05, 4.69) is 15.5 Å². The molecule has 1 fully saturated rings. The average Bonchev–Trinajstić information content (AvgIpc) is 2.42. The van der Waals surface area contributed by atoms with Crippen molar-refractivity contribution in [2.75, 3.05) is 31.5 Å². The molecule has 0 radical (unpaired) electrons. The molecule has 1 aliphatic heterocycles. The van der Waals surface area contributed by atoms with Gasteiger partial charge in [-0.1, -0.05) is 0 Å². The van der Waals surface area contributed by atoms with Gasteiger partial charge in [0.25, 0.3) is 0 Å². The first-order valence-electron chi connectivity index (χ1n) is 6.94. The highest BCUT2D eigenvalue weighted by atomic mass is 19.1. The number of rotatable bonds is 3. The Kier molecular flexibility index (Phi) is 4.40. The number of anilines is 1. The zero-order valence-corrected chi connectivity index (χ0v) is 12.3. The second-order valence-corrected chi connectivity index (χ2v) is 5.71. The van der Waals surface area contributed by atoms with Crippen LogP contribution in [0.1, 0.15) is 19.4 Å². The van der Waals surface area contributed by atoms with E-state index in [0.29, 0.717) is 5.69 Å². The lowest BCUT2D eigenvalue weighted by atomic mass is 10.00. The lowest BCUT2D eigenvalue weighted by Gasteiger charge is -2.39. The summed E-state index contributed by atoms with van der Waals surface area (Å²) in [6.45, 7) is 9.12. The third kappa shape index (κ3) is 3.16. The largest absolute Gasteiger partial charge is 0.324 e. The summed E-state index contributed by atoms with van der Waals surface area (Å²) in [5.41, 5.74) is 0.817. The maximum Gasteiger partial charge on any atom is 0.244 e. The van der Waals surface area contributed by atoms with Crippen molar-refractivity contribution < 1.29 is 9.18 Å². The van der Waals surface area contributed by atoms with Gasteiger partial charge in [-0.2, -0.15) is 0 Å². The summed E-state index contributed by atoms with van der Waals surface area (Å²) >= 11 is 0. The number of benzene rings is 1. The molecule has 2 N–H and O–H groups in total. The maximum absolute atomic E-state index is 13.1. The van der Waals surface area contributed by atoms with E-state index in [1.54, 1.807) is 13.0 Å². The smallest absolute Gasteiger partial charge is 0.244 e. The average molecular weight is 279 g/mol. The molecular formula is C15H22FN3O. The van der Waals surface area contributed by atoms with Gasteiger partial charge in [-0.3, -0.25) is 9.69 Å². The molecule has 1 aromatic rings. The van der Waals surface area contributed by atoms with Crippen LogP contribution in [0.3, 0.4) is 0 Å². The zero-order valence-electron chi connectivity index (χ0n) is 12.3. The van der Waals surface area contributed by atoms with Gasteiger partial charge in [0, 0.05) is 31.9 Å². The van der Waals surface area contributed by atoms with E-state index >= 15 is 0 Å². The Balaban J connectivity index is 2.09. The molecule has 110 valence electrons. The minimum Gasteiger partial charge on any atom is -0.324 e. The van der Waals surface area contributed by atoms with E-state index < -0.39 is 5.54 Å². The van der Waals surface area contributed by atoms with E-state index in [0.717, 1.165) is 31.7 Å². The summed E-state index contributed by atoms with van der Waals surface area (Å²) in [4.78, 5) is 14.7. The van der Waals surface area contributed by atoms with Crippen LogP contribution in [0.5, 0.6) is 0 Å². The fraction of sp³-hybridized carbons (Fsp3) is 0.533. The van der Waals surface area contributed by atoms with Crippen molar-refractivity contribution >= 4 is 11.6 Å². The molecule has 5 heteroatoms. The lowest BCUT2D eigenvalue weighted by Crippen LogP contribution is -2.58. The molecule has 1 aromatic carbocycles. The topological polar surface area (TPSA) is 44.4 Å². The highest BCUT2D eigenvalue weighted by Crippen LogP contribution is 2.21. The number of carbonyl (C=O) groups excluding carboxylic acids is 1. The normalized spacial score (nSPS) is 17.0. The first kappa shape index (κ1) is 14.9. The molecule has 0 bridgehead atoms. The van der Waals surface area contributed by atoms with Crippen molar-refractivity contribution in [3.8, 4) is 0 Å². The van der Waals surface area contributed by atoms with E-state index in [4.69, 9.17) is 0 Å². The molecular weight excluding hydrogens is 257 g/mol. The van der Waals surface area contributed by atoms with Gasteiger partial charge in [-0.25, -0.2) is 4.39 Å². The Bertz CT molecular complexity index is 496. The van der Waals surface area contributed by atoms with Gasteiger partial charge in [-0.05, 0) is 44.5 Å². The lowest BCUT2D eigenvalue weighted by molar-refractivity contribution is -0.126. The summed E-state index contributed by atoms with van der Waals surface area (Å²) in [6, 6.07) is 4.39. The van der Waals surface area contributed by atoms with Crippen molar-refractivity contribution in [1.82, 2.24) is 10.2 Å². The summed E-state index contributed by atoms with van der Waals surface area (Å²) < 4.78 is 13.1. The minimum absolute atomic E-state index is 0.0610. The summed E-state index contributed by atoms with van der Waals surface area (Å²) in [5.74, 6) is -0.351. The fourth-order valence-corrected chi connectivity index (χ4v) is 2.41. The van der Waals surface area contributed by atoms with E-state index in [9.17, 15) is 9.18 Å². The molecule has 4 nitrogen and oxygen atoms in total. The maximum atomic E-state index is 13.1. The van der Waals surface area contributed by atoms with Gasteiger partial charge in [0.2, 0.25) is 5.91 Å². The van der Waals surface area contributed by atoms with Crippen LogP contribution < -0.4 is 10.6 Å². The van der Waals surface area contributed by atoms with Crippen LogP contribution in [0.4, 0.5) is 10.1 Å². The van der Waals surface area contributed by atoms with Gasteiger partial charge in [0.05, 0.1) is 5.54 Å². The molecule has 0 spiro atoms. The van der Waals surface area contributed by atoms with Crippen LogP contribution in [-0.2, 0) is 4.79 Å². The van der Waals surface area contributed by atoms with Gasteiger partial charge in [0.15, 0.2) is 0 Å². The van der Waals surface area contributed by atoms with Crippen LogP contribution in [-0.4, -0.2) is 42.5 Å². The van der Waals surface area contributed by atoms with Crippen LogP contribution in [0.15, 0.2) is 18.2 Å². The summed E-state index contributed by atoms with van der Waals surface area (Å²) in [5, 5.41) is 6.18. The van der Waals surface area contributed by atoms with Crippen molar-refractivity contribution in [3.05, 3.63) is 29.6 Å². The van der Waals surface area contributed by atoms with E-state index in [1.807, 2.05) is 13.8 Å². The third-order valence-electron chi connectivity index (χ3n) is 3.90. The number of piperazine rings is 1. The molecule has 0 aromatic heterocycles. The highest BCUT2D eigenvalue weighted by Gasteiger charge is 2.35. The van der Waals surface area contributed by atoms with Gasteiger partial charge >= 0.3 is 0 Å². The molecule has 1 aliphatic rings. The second kappa shape index (κ2) is 5.89. The molecule has 1 amide bonds. The predicted molar refractivity (Wildman–Crippen MR) is 78.3 cm³/mol. The number of hydrogen-bond acceptors (Lipinski definition) is 3. The molecule has 1 heterocycles. The van der Waals surface area contributed by atoms with E-state index in [1.165, 1.54) is 12.1 Å². The minimum atomic E-state index is -0.580. The van der Waals surface area contributed by atoms with E-state index in [-0.39, 0.29) is 11.7 Å². The number of nitrogens with one attached hydrogen (secondary N) is 2. The first-order chi connectivity index (χ1) is 9.41. The number of amides is 1. The second-order valence-electron chi connectivity index (χ2n) is 5.71. The number of nitrogens with zero attached hydrogens (tertiary/aromatic N) is 1. The monoisotopic (exact) mass is 279 g/mol. The Morgan fingerprint density at radius 2 is 2.00 bits per heavy atom. The van der Waals surface area contributed by atoms with Gasteiger partial charge in [0.1, 0.15) is 5.82 Å². The molecule has 0 atom stereocenters. The Morgan fingerprint density at radius 1 is 1.35 bits per heavy atom. The number of hydrogen-bond donors (Lipinski definition) is 2. The van der Waals surface area contributed by atoms with Crippen LogP contribution in [0.2, 0.25) is 0 Å². The van der Waals surface area contributed by atoms with Gasteiger partial charge < -0.3 is 10.6 Å². The van der Waals surface area contributed by atoms with Crippen LogP contribution >= 0.6 is 0 Å². The molecule has 2 rings (SSSR count). The predicted octanol–water partition coefficient (Wildman–Crippen LogP) is 1.76. The molecule has 20 heavy (non-hydrogen) atoms. The Labute approximate surface area is 119 Å². The quantitative estimate of drug-likeness (QED) is 0.886. The summed E-state index contributed by atoms with van der Waals surface area (Å²) in [7, 11) is 0. The van der Waals surface area contributed by atoms with Crippen molar-refractivity contribution in [1.29, 1.82) is 0 Å². The van der Waals surface area contributed by atoms with Crippen molar-refractivity contribution in [2.45, 2.75) is 26.3 Å². The fourth-order valence-electron chi connectivity index (χ4n) is 2.41. The van der Waals surface area contributed by atoms with Gasteiger partial charge in [-0.15, -0.1) is 0 Å². The van der Waals surface area contributed by atoms with Crippen LogP contribution in [0.25, 0.3) is 0 Å². The number of halogens is 1. The van der Waals surface area contributed by atoms with Crippen molar-refractivity contribution in [3.63, 3.8) is 0 Å². The Hall–Kier alpha value is -1.46.